The molecule has 4 aliphatic rings. The summed E-state index contributed by atoms with van der Waals surface area (Å²) >= 11 is 4.79. The zero-order chi connectivity index (χ0) is 22.3. The van der Waals surface area contributed by atoms with Crippen LogP contribution < -0.4 is 10.1 Å². The van der Waals surface area contributed by atoms with Gasteiger partial charge in [-0.1, -0.05) is 49.7 Å². The number of benzene rings is 1. The van der Waals surface area contributed by atoms with E-state index in [9.17, 15) is 9.90 Å². The number of fused-ring (bicyclic) bond motifs is 3. The summed E-state index contributed by atoms with van der Waals surface area (Å²) in [5.41, 5.74) is 3.16. The van der Waals surface area contributed by atoms with Crippen LogP contribution in [0.5, 0.6) is 5.75 Å². The normalized spacial score (nSPS) is 33.6. The standard InChI is InChI=1S/C24H26N2O4S/c1-12-6-9-16-22(2,3)19(26-29-5)15(31)11-24(16)23(12,4)10-13-7-8-14-17(18(13)30-24)21(28)25-20(14)27/h6-9,11,21,28,31H,10H2,1-5H3,(H,25,27). The van der Waals surface area contributed by atoms with Crippen molar-refractivity contribution in [2.45, 2.75) is 45.9 Å². The highest BCUT2D eigenvalue weighted by Crippen LogP contribution is 2.62. The number of oxime groups is 1. The van der Waals surface area contributed by atoms with E-state index in [0.29, 0.717) is 28.2 Å². The quantitative estimate of drug-likeness (QED) is 0.460. The molecule has 0 saturated heterocycles. The third-order valence-electron chi connectivity index (χ3n) is 7.49. The number of nitrogens with zero attached hydrogens (tertiary/aromatic N) is 1. The minimum absolute atomic E-state index is 0.292. The molecule has 2 aliphatic carbocycles. The van der Waals surface area contributed by atoms with Gasteiger partial charge in [0.1, 0.15) is 18.6 Å². The molecule has 1 aromatic rings. The fraction of sp³-hybridized carbons (Fsp3) is 0.417. The van der Waals surface area contributed by atoms with E-state index in [0.717, 1.165) is 16.8 Å². The van der Waals surface area contributed by atoms with E-state index in [1.165, 1.54) is 12.7 Å². The van der Waals surface area contributed by atoms with Crippen LogP contribution in [0.1, 0.15) is 55.4 Å². The van der Waals surface area contributed by atoms with Crippen LogP contribution in [-0.2, 0) is 11.3 Å². The molecule has 1 spiro atoms. The number of rotatable bonds is 1. The van der Waals surface area contributed by atoms with Gasteiger partial charge in [-0.3, -0.25) is 4.79 Å². The number of amides is 1. The summed E-state index contributed by atoms with van der Waals surface area (Å²) in [6.45, 7) is 8.50. The topological polar surface area (TPSA) is 80.2 Å². The van der Waals surface area contributed by atoms with E-state index in [2.05, 4.69) is 50.3 Å². The first-order valence-corrected chi connectivity index (χ1v) is 10.8. The zero-order valence-corrected chi connectivity index (χ0v) is 19.1. The molecule has 162 valence electrons. The minimum atomic E-state index is -1.09. The molecule has 3 unspecified atom stereocenters. The number of aliphatic hydroxyl groups excluding tert-OH is 1. The van der Waals surface area contributed by atoms with Crippen molar-refractivity contribution < 1.29 is 19.5 Å². The van der Waals surface area contributed by atoms with Gasteiger partial charge in [-0.15, -0.1) is 12.6 Å². The SMILES string of the molecule is CON=C1C(S)=CC23Oc4c(ccc5c4C(O)NC5=O)CC2(C)C(C)=CC=C3C1(C)C. The monoisotopic (exact) mass is 438 g/mol. The Balaban J connectivity index is 1.82. The Kier molecular flexibility index (Phi) is 4.12. The predicted molar refractivity (Wildman–Crippen MR) is 121 cm³/mol. The van der Waals surface area contributed by atoms with Gasteiger partial charge >= 0.3 is 0 Å². The molecule has 0 fully saturated rings. The fourth-order valence-electron chi connectivity index (χ4n) is 5.63. The Labute approximate surface area is 187 Å². The minimum Gasteiger partial charge on any atom is -0.477 e. The molecular formula is C24H26N2O4S. The molecule has 1 aromatic carbocycles. The van der Waals surface area contributed by atoms with E-state index < -0.39 is 17.2 Å². The second-order valence-corrected chi connectivity index (χ2v) is 9.93. The Morgan fingerprint density at radius 3 is 2.74 bits per heavy atom. The van der Waals surface area contributed by atoms with Crippen molar-refractivity contribution in [3.63, 3.8) is 0 Å². The van der Waals surface area contributed by atoms with E-state index in [4.69, 9.17) is 22.2 Å². The lowest BCUT2D eigenvalue weighted by molar-refractivity contribution is 0.00717. The van der Waals surface area contributed by atoms with Crippen LogP contribution in [0.15, 0.2) is 51.6 Å². The van der Waals surface area contributed by atoms with Gasteiger partial charge < -0.3 is 20.0 Å². The number of aliphatic hydroxyl groups is 1. The van der Waals surface area contributed by atoms with Gasteiger partial charge in [0, 0.05) is 15.7 Å². The first kappa shape index (κ1) is 20.4. The number of hydrogen-bond donors (Lipinski definition) is 3. The largest absolute Gasteiger partial charge is 0.477 e. The number of hydrogen-bond acceptors (Lipinski definition) is 6. The van der Waals surface area contributed by atoms with Crippen LogP contribution in [-0.4, -0.2) is 29.4 Å². The summed E-state index contributed by atoms with van der Waals surface area (Å²) in [5.74, 6) is 0.279. The summed E-state index contributed by atoms with van der Waals surface area (Å²) in [6, 6.07) is 3.71. The van der Waals surface area contributed by atoms with E-state index >= 15 is 0 Å². The second kappa shape index (κ2) is 6.26. The van der Waals surface area contributed by atoms with Crippen molar-refractivity contribution in [1.29, 1.82) is 0 Å². The number of thiol groups is 1. The molecule has 0 bridgehead atoms. The molecule has 7 heteroatoms. The number of allylic oxidation sites excluding steroid dienone is 3. The van der Waals surface area contributed by atoms with Crippen molar-refractivity contribution >= 4 is 24.2 Å². The van der Waals surface area contributed by atoms with Crippen molar-refractivity contribution in [2.75, 3.05) is 7.11 Å². The molecule has 5 rings (SSSR count). The van der Waals surface area contributed by atoms with Crippen LogP contribution >= 0.6 is 12.6 Å². The third kappa shape index (κ3) is 2.39. The lowest BCUT2D eigenvalue weighted by atomic mass is 9.52. The zero-order valence-electron chi connectivity index (χ0n) is 18.2. The van der Waals surface area contributed by atoms with Crippen LogP contribution in [0.4, 0.5) is 0 Å². The number of nitrogens with one attached hydrogen (secondary N) is 1. The van der Waals surface area contributed by atoms with Crippen molar-refractivity contribution in [1.82, 2.24) is 5.32 Å². The molecule has 2 N–H and O–H groups in total. The van der Waals surface area contributed by atoms with E-state index in [-0.39, 0.29) is 11.3 Å². The average molecular weight is 439 g/mol. The molecule has 3 atom stereocenters. The predicted octanol–water partition coefficient (Wildman–Crippen LogP) is 3.84. The first-order valence-electron chi connectivity index (χ1n) is 10.3. The molecular weight excluding hydrogens is 412 g/mol. The first-order chi connectivity index (χ1) is 14.6. The maximum Gasteiger partial charge on any atom is 0.254 e. The van der Waals surface area contributed by atoms with Gasteiger partial charge in [0.05, 0.1) is 11.1 Å². The van der Waals surface area contributed by atoms with Gasteiger partial charge in [-0.2, -0.15) is 0 Å². The van der Waals surface area contributed by atoms with Crippen LogP contribution in [0.2, 0.25) is 0 Å². The van der Waals surface area contributed by atoms with Gasteiger partial charge in [-0.05, 0) is 36.6 Å². The van der Waals surface area contributed by atoms with Gasteiger partial charge in [-0.25, -0.2) is 0 Å². The Bertz CT molecular complexity index is 1160. The summed E-state index contributed by atoms with van der Waals surface area (Å²) in [6.07, 6.45) is 5.87. The Morgan fingerprint density at radius 1 is 1.29 bits per heavy atom. The fourth-order valence-corrected chi connectivity index (χ4v) is 6.14. The van der Waals surface area contributed by atoms with Crippen LogP contribution in [0.25, 0.3) is 0 Å². The summed E-state index contributed by atoms with van der Waals surface area (Å²) in [5, 5.41) is 17.4. The lowest BCUT2D eigenvalue weighted by Gasteiger charge is -2.58. The van der Waals surface area contributed by atoms with E-state index in [1.807, 2.05) is 12.1 Å². The average Bonchev–Trinajstić information content (AvgIpc) is 2.98. The molecule has 2 aliphatic heterocycles. The highest BCUT2D eigenvalue weighted by atomic mass is 32.1. The molecule has 0 saturated carbocycles. The van der Waals surface area contributed by atoms with Gasteiger partial charge in [0.15, 0.2) is 11.8 Å². The molecule has 6 nitrogen and oxygen atoms in total. The van der Waals surface area contributed by atoms with Crippen molar-refractivity contribution in [2.24, 2.45) is 16.0 Å². The molecule has 2 heterocycles. The number of carbonyl (C=O) groups is 1. The summed E-state index contributed by atoms with van der Waals surface area (Å²) < 4.78 is 6.91. The molecule has 0 radical (unpaired) electrons. The summed E-state index contributed by atoms with van der Waals surface area (Å²) in [7, 11) is 1.53. The third-order valence-corrected chi connectivity index (χ3v) is 7.83. The Morgan fingerprint density at radius 2 is 2.03 bits per heavy atom. The molecule has 1 amide bonds. The highest BCUT2D eigenvalue weighted by Gasteiger charge is 2.62. The van der Waals surface area contributed by atoms with Crippen LogP contribution in [0, 0.1) is 10.8 Å². The number of ether oxygens (including phenoxy) is 1. The second-order valence-electron chi connectivity index (χ2n) is 9.44. The molecule has 31 heavy (non-hydrogen) atoms. The van der Waals surface area contributed by atoms with E-state index in [1.54, 1.807) is 6.07 Å². The van der Waals surface area contributed by atoms with Gasteiger partial charge in [0.2, 0.25) is 0 Å². The smallest absolute Gasteiger partial charge is 0.254 e. The summed E-state index contributed by atoms with van der Waals surface area (Å²) in [4.78, 5) is 18.1. The number of carbonyl (C=O) groups excluding carboxylic acids is 1. The maximum atomic E-state index is 12.3. The van der Waals surface area contributed by atoms with Crippen molar-refractivity contribution in [3.05, 3.63) is 63.1 Å². The van der Waals surface area contributed by atoms with Crippen molar-refractivity contribution in [3.8, 4) is 5.75 Å². The van der Waals surface area contributed by atoms with Crippen LogP contribution in [0.3, 0.4) is 0 Å². The highest BCUT2D eigenvalue weighted by molar-refractivity contribution is 7.85. The van der Waals surface area contributed by atoms with Gasteiger partial charge in [0.25, 0.3) is 5.91 Å². The Hall–Kier alpha value is -2.51. The maximum absolute atomic E-state index is 12.3. The molecule has 0 aromatic heterocycles. The lowest BCUT2D eigenvalue weighted by Crippen LogP contribution is -2.62.